The topological polar surface area (TPSA) is 65.5 Å². The Hall–Kier alpha value is -1.90. The van der Waals surface area contributed by atoms with Gasteiger partial charge in [-0.25, -0.2) is 4.98 Å². The van der Waals surface area contributed by atoms with Crippen molar-refractivity contribution < 1.29 is 9.90 Å². The van der Waals surface area contributed by atoms with Gasteiger partial charge < -0.3 is 15.3 Å². The van der Waals surface area contributed by atoms with E-state index in [4.69, 9.17) is 5.11 Å². The predicted octanol–water partition coefficient (Wildman–Crippen LogP) is 0.885. The number of rotatable bonds is 6. The second kappa shape index (κ2) is 9.11. The minimum absolute atomic E-state index is 0.177. The Balaban J connectivity index is 2.38. The predicted molar refractivity (Wildman–Crippen MR) is 82.9 cm³/mol. The van der Waals surface area contributed by atoms with Crippen LogP contribution in [0.1, 0.15) is 36.3 Å². The Morgan fingerprint density at radius 3 is 2.81 bits per heavy atom. The van der Waals surface area contributed by atoms with Gasteiger partial charge >= 0.3 is 0 Å². The van der Waals surface area contributed by atoms with Gasteiger partial charge in [0.2, 0.25) is 0 Å². The van der Waals surface area contributed by atoms with E-state index in [2.05, 4.69) is 47.9 Å². The zero-order valence-corrected chi connectivity index (χ0v) is 12.9. The second-order valence-electron chi connectivity index (χ2n) is 5.08. The van der Waals surface area contributed by atoms with Crippen LogP contribution >= 0.6 is 0 Å². The van der Waals surface area contributed by atoms with Gasteiger partial charge in [-0.2, -0.15) is 0 Å². The highest BCUT2D eigenvalue weighted by atomic mass is 16.2. The van der Waals surface area contributed by atoms with E-state index < -0.39 is 0 Å². The Labute approximate surface area is 126 Å². The maximum atomic E-state index is 11.9. The molecule has 5 heteroatoms. The van der Waals surface area contributed by atoms with Gasteiger partial charge in [-0.05, 0) is 46.0 Å². The molecule has 0 bridgehead atoms. The van der Waals surface area contributed by atoms with Crippen molar-refractivity contribution in [2.45, 2.75) is 26.3 Å². The third-order valence-corrected chi connectivity index (χ3v) is 3.16. The first-order chi connectivity index (χ1) is 10.0. The molecule has 1 amide bonds. The summed E-state index contributed by atoms with van der Waals surface area (Å²) in [7, 11) is 2.07. The molecule has 1 aromatic rings. The number of hydrogen-bond acceptors (Lipinski definition) is 4. The lowest BCUT2D eigenvalue weighted by molar-refractivity contribution is 0.0946. The number of aromatic nitrogens is 1. The molecule has 1 rings (SSSR count). The van der Waals surface area contributed by atoms with E-state index in [0.29, 0.717) is 23.8 Å². The summed E-state index contributed by atoms with van der Waals surface area (Å²) >= 11 is 0. The lowest BCUT2D eigenvalue weighted by atomic mass is 10.2. The number of carbonyl (C=O) groups is 1. The molecule has 114 valence electrons. The Kier molecular flexibility index (Phi) is 7.44. The lowest BCUT2D eigenvalue weighted by Crippen LogP contribution is -2.31. The quantitative estimate of drug-likeness (QED) is 0.603. The fourth-order valence-corrected chi connectivity index (χ4v) is 1.62. The SMILES string of the molecule is CC(C)N(C)CCCNC(=O)c1ccc(C#CCO)cn1. The second-order valence-corrected chi connectivity index (χ2v) is 5.08. The Morgan fingerprint density at radius 2 is 2.24 bits per heavy atom. The van der Waals surface area contributed by atoms with E-state index in [1.165, 1.54) is 6.20 Å². The summed E-state index contributed by atoms with van der Waals surface area (Å²) in [6.45, 7) is 5.67. The van der Waals surface area contributed by atoms with Crippen molar-refractivity contribution in [3.63, 3.8) is 0 Å². The summed E-state index contributed by atoms with van der Waals surface area (Å²) in [4.78, 5) is 18.2. The van der Waals surface area contributed by atoms with Crippen LogP contribution in [-0.2, 0) is 0 Å². The first-order valence-corrected chi connectivity index (χ1v) is 7.08. The zero-order chi connectivity index (χ0) is 15.7. The van der Waals surface area contributed by atoms with Crippen molar-refractivity contribution in [2.24, 2.45) is 0 Å². The monoisotopic (exact) mass is 289 g/mol. The normalized spacial score (nSPS) is 10.4. The first kappa shape index (κ1) is 17.2. The molecule has 1 heterocycles. The summed E-state index contributed by atoms with van der Waals surface area (Å²) in [5.41, 5.74) is 1.06. The maximum Gasteiger partial charge on any atom is 0.269 e. The third kappa shape index (κ3) is 6.39. The molecule has 0 radical (unpaired) electrons. The van der Waals surface area contributed by atoms with E-state index in [1.54, 1.807) is 12.1 Å². The van der Waals surface area contributed by atoms with E-state index >= 15 is 0 Å². The van der Waals surface area contributed by atoms with Crippen molar-refractivity contribution in [3.8, 4) is 11.8 Å². The van der Waals surface area contributed by atoms with Crippen LogP contribution in [-0.4, -0.2) is 53.7 Å². The molecular weight excluding hydrogens is 266 g/mol. The minimum atomic E-state index is -0.187. The molecule has 0 fully saturated rings. The Bertz CT molecular complexity index is 500. The van der Waals surface area contributed by atoms with Gasteiger partial charge in [0.25, 0.3) is 5.91 Å². The average molecular weight is 289 g/mol. The summed E-state index contributed by atoms with van der Waals surface area (Å²) in [6, 6.07) is 3.86. The van der Waals surface area contributed by atoms with Gasteiger partial charge in [-0.1, -0.05) is 11.8 Å². The summed E-state index contributed by atoms with van der Waals surface area (Å²) in [6.07, 6.45) is 2.44. The fourth-order valence-electron chi connectivity index (χ4n) is 1.62. The van der Waals surface area contributed by atoms with Crippen molar-refractivity contribution in [3.05, 3.63) is 29.6 Å². The van der Waals surface area contributed by atoms with Crippen molar-refractivity contribution >= 4 is 5.91 Å². The fraction of sp³-hybridized carbons (Fsp3) is 0.500. The highest BCUT2D eigenvalue weighted by Crippen LogP contribution is 1.99. The summed E-state index contributed by atoms with van der Waals surface area (Å²) in [5.74, 6) is 5.09. The van der Waals surface area contributed by atoms with Crippen LogP contribution in [0.5, 0.6) is 0 Å². The van der Waals surface area contributed by atoms with E-state index in [9.17, 15) is 4.79 Å². The Morgan fingerprint density at radius 1 is 1.48 bits per heavy atom. The highest BCUT2D eigenvalue weighted by Gasteiger charge is 2.07. The van der Waals surface area contributed by atoms with Gasteiger partial charge in [0.05, 0.1) is 0 Å². The molecule has 0 aliphatic rings. The molecule has 0 saturated carbocycles. The maximum absolute atomic E-state index is 11.9. The van der Waals surface area contributed by atoms with Crippen molar-refractivity contribution in [1.82, 2.24) is 15.2 Å². The summed E-state index contributed by atoms with van der Waals surface area (Å²) in [5, 5.41) is 11.5. The zero-order valence-electron chi connectivity index (χ0n) is 12.9. The lowest BCUT2D eigenvalue weighted by Gasteiger charge is -2.20. The minimum Gasteiger partial charge on any atom is -0.384 e. The van der Waals surface area contributed by atoms with Gasteiger partial charge in [0.15, 0.2) is 0 Å². The van der Waals surface area contributed by atoms with Crippen LogP contribution in [0.15, 0.2) is 18.3 Å². The van der Waals surface area contributed by atoms with Crippen molar-refractivity contribution in [2.75, 3.05) is 26.7 Å². The molecular formula is C16H23N3O2. The molecule has 2 N–H and O–H groups in total. The van der Waals surface area contributed by atoms with Crippen LogP contribution in [0.3, 0.4) is 0 Å². The molecule has 0 aliphatic carbocycles. The number of pyridine rings is 1. The first-order valence-electron chi connectivity index (χ1n) is 7.08. The molecule has 0 aromatic carbocycles. The van der Waals surface area contributed by atoms with E-state index in [-0.39, 0.29) is 12.5 Å². The molecule has 1 aromatic heterocycles. The number of amides is 1. The van der Waals surface area contributed by atoms with Crippen LogP contribution < -0.4 is 5.32 Å². The third-order valence-electron chi connectivity index (χ3n) is 3.16. The number of nitrogens with zero attached hydrogens (tertiary/aromatic N) is 2. The van der Waals surface area contributed by atoms with Crippen LogP contribution in [0, 0.1) is 11.8 Å². The van der Waals surface area contributed by atoms with Gasteiger partial charge in [0.1, 0.15) is 12.3 Å². The number of aliphatic hydroxyl groups is 1. The van der Waals surface area contributed by atoms with Crippen LogP contribution in [0.2, 0.25) is 0 Å². The summed E-state index contributed by atoms with van der Waals surface area (Å²) < 4.78 is 0. The molecule has 21 heavy (non-hydrogen) atoms. The highest BCUT2D eigenvalue weighted by molar-refractivity contribution is 5.92. The smallest absolute Gasteiger partial charge is 0.269 e. The molecule has 0 unspecified atom stereocenters. The number of hydrogen-bond donors (Lipinski definition) is 2. The molecule has 5 nitrogen and oxygen atoms in total. The van der Waals surface area contributed by atoms with Crippen LogP contribution in [0.25, 0.3) is 0 Å². The molecule has 0 aliphatic heterocycles. The average Bonchev–Trinajstić information content (AvgIpc) is 2.49. The number of aliphatic hydroxyl groups excluding tert-OH is 1. The standard InChI is InChI=1S/C16H23N3O2/c1-13(2)19(3)10-5-9-17-16(21)15-8-7-14(12-18-15)6-4-11-20/h7-8,12-13,20H,5,9-11H2,1-3H3,(H,17,21). The molecule has 0 atom stereocenters. The van der Waals surface area contributed by atoms with Gasteiger partial charge in [-0.3, -0.25) is 4.79 Å². The van der Waals surface area contributed by atoms with E-state index in [1.807, 2.05) is 0 Å². The molecule has 0 saturated heterocycles. The largest absolute Gasteiger partial charge is 0.384 e. The number of carbonyl (C=O) groups excluding carboxylic acids is 1. The molecule has 0 spiro atoms. The number of nitrogens with one attached hydrogen (secondary N) is 1. The van der Waals surface area contributed by atoms with Gasteiger partial charge in [-0.15, -0.1) is 0 Å². The van der Waals surface area contributed by atoms with E-state index in [0.717, 1.165) is 13.0 Å². The van der Waals surface area contributed by atoms with Crippen LogP contribution in [0.4, 0.5) is 0 Å². The van der Waals surface area contributed by atoms with Crippen molar-refractivity contribution in [1.29, 1.82) is 0 Å². The van der Waals surface area contributed by atoms with Gasteiger partial charge in [0, 0.05) is 24.3 Å².